The van der Waals surface area contributed by atoms with Crippen LogP contribution in [-0.2, 0) is 6.42 Å². The summed E-state index contributed by atoms with van der Waals surface area (Å²) in [6.07, 6.45) is 2.11. The zero-order valence-corrected chi connectivity index (χ0v) is 12.6. The summed E-state index contributed by atoms with van der Waals surface area (Å²) in [5.74, 6) is 0.345. The number of pyridine rings is 1. The molecule has 4 nitrogen and oxygen atoms in total. The van der Waals surface area contributed by atoms with E-state index in [1.807, 2.05) is 42.5 Å². The summed E-state index contributed by atoms with van der Waals surface area (Å²) < 4.78 is 0. The molecule has 1 aromatic heterocycles. The summed E-state index contributed by atoms with van der Waals surface area (Å²) in [5.41, 5.74) is 8.97. The molecule has 3 rings (SSSR count). The second-order valence-electron chi connectivity index (χ2n) is 5.40. The van der Waals surface area contributed by atoms with Gasteiger partial charge in [-0.25, -0.2) is 0 Å². The molecule has 23 heavy (non-hydrogen) atoms. The first kappa shape index (κ1) is 15.1. The normalized spacial score (nSPS) is 12.0. The van der Waals surface area contributed by atoms with Gasteiger partial charge in [0, 0.05) is 23.4 Å². The molecule has 4 N–H and O–H groups in total. The quantitative estimate of drug-likeness (QED) is 0.690. The minimum Gasteiger partial charge on any atom is -0.508 e. The van der Waals surface area contributed by atoms with Gasteiger partial charge in [0.15, 0.2) is 0 Å². The molecule has 1 unspecified atom stereocenters. The van der Waals surface area contributed by atoms with Crippen molar-refractivity contribution in [3.05, 3.63) is 78.0 Å². The number of rotatable bonds is 4. The Balaban J connectivity index is 1.91. The minimum atomic E-state index is -0.402. The first-order valence-electron chi connectivity index (χ1n) is 7.42. The Kier molecular flexibility index (Phi) is 4.26. The third-order valence-electron chi connectivity index (χ3n) is 3.84. The number of nitrogens with two attached hydrogens (primary N) is 1. The fraction of sp³-hybridized carbons (Fsp3) is 0.105. The summed E-state index contributed by atoms with van der Waals surface area (Å²) >= 11 is 0. The van der Waals surface area contributed by atoms with Crippen molar-refractivity contribution >= 4 is 0 Å². The summed E-state index contributed by atoms with van der Waals surface area (Å²) in [5, 5.41) is 20.5. The van der Waals surface area contributed by atoms with Crippen LogP contribution < -0.4 is 5.73 Å². The molecule has 0 aliphatic heterocycles. The van der Waals surface area contributed by atoms with Crippen LogP contribution in [0.1, 0.15) is 17.2 Å². The average molecular weight is 306 g/mol. The van der Waals surface area contributed by atoms with Crippen molar-refractivity contribution in [1.82, 2.24) is 4.98 Å². The summed E-state index contributed by atoms with van der Waals surface area (Å²) in [6, 6.07) is 17.7. The molecule has 0 spiro atoms. The van der Waals surface area contributed by atoms with Gasteiger partial charge in [-0.3, -0.25) is 4.98 Å². The van der Waals surface area contributed by atoms with E-state index >= 15 is 0 Å². The molecule has 2 aromatic carbocycles. The molecule has 0 aliphatic rings. The van der Waals surface area contributed by atoms with Crippen LogP contribution >= 0.6 is 0 Å². The van der Waals surface area contributed by atoms with Gasteiger partial charge >= 0.3 is 0 Å². The molecule has 1 heterocycles. The predicted octanol–water partition coefficient (Wildman–Crippen LogP) is 3.40. The molecule has 0 bridgehead atoms. The molecule has 116 valence electrons. The fourth-order valence-corrected chi connectivity index (χ4v) is 2.63. The van der Waals surface area contributed by atoms with E-state index in [9.17, 15) is 10.2 Å². The SMILES string of the molecule is NC(Cc1cccc(-c2ccccn2)c1O)c1ccccc1O. The van der Waals surface area contributed by atoms with E-state index in [4.69, 9.17) is 5.73 Å². The van der Waals surface area contributed by atoms with Gasteiger partial charge in [-0.15, -0.1) is 0 Å². The van der Waals surface area contributed by atoms with Crippen LogP contribution in [0.3, 0.4) is 0 Å². The van der Waals surface area contributed by atoms with Gasteiger partial charge in [0.1, 0.15) is 11.5 Å². The molecule has 1 atom stereocenters. The lowest BCUT2D eigenvalue weighted by Crippen LogP contribution is -2.13. The highest BCUT2D eigenvalue weighted by Gasteiger charge is 2.15. The first-order valence-corrected chi connectivity index (χ1v) is 7.42. The van der Waals surface area contributed by atoms with E-state index in [2.05, 4.69) is 4.98 Å². The second kappa shape index (κ2) is 6.50. The lowest BCUT2D eigenvalue weighted by molar-refractivity contribution is 0.454. The zero-order chi connectivity index (χ0) is 16.2. The maximum absolute atomic E-state index is 10.5. The molecule has 0 fully saturated rings. The minimum absolute atomic E-state index is 0.167. The third kappa shape index (κ3) is 3.17. The maximum Gasteiger partial charge on any atom is 0.128 e. The number of aromatic nitrogens is 1. The van der Waals surface area contributed by atoms with Crippen molar-refractivity contribution < 1.29 is 10.2 Å². The predicted molar refractivity (Wildman–Crippen MR) is 90.1 cm³/mol. The van der Waals surface area contributed by atoms with Gasteiger partial charge in [0.05, 0.1) is 5.69 Å². The molecular formula is C19H18N2O2. The van der Waals surface area contributed by atoms with Crippen LogP contribution in [0.15, 0.2) is 66.9 Å². The van der Waals surface area contributed by atoms with Crippen LogP contribution in [0.25, 0.3) is 11.3 Å². The monoisotopic (exact) mass is 306 g/mol. The maximum atomic E-state index is 10.5. The Morgan fingerprint density at radius 2 is 1.70 bits per heavy atom. The number of hydrogen-bond acceptors (Lipinski definition) is 4. The molecule has 0 amide bonds. The number of aromatic hydroxyl groups is 2. The van der Waals surface area contributed by atoms with Gasteiger partial charge in [0.25, 0.3) is 0 Å². The Hall–Kier alpha value is -2.85. The molecule has 0 aliphatic carbocycles. The zero-order valence-electron chi connectivity index (χ0n) is 12.6. The summed E-state index contributed by atoms with van der Waals surface area (Å²) in [6.45, 7) is 0. The van der Waals surface area contributed by atoms with Gasteiger partial charge in [-0.1, -0.05) is 36.4 Å². The van der Waals surface area contributed by atoms with E-state index in [-0.39, 0.29) is 11.5 Å². The molecule has 0 saturated heterocycles. The molecular weight excluding hydrogens is 288 g/mol. The van der Waals surface area contributed by atoms with Crippen LogP contribution in [0.4, 0.5) is 0 Å². The topological polar surface area (TPSA) is 79.4 Å². The Labute approximate surface area is 134 Å². The van der Waals surface area contributed by atoms with Crippen molar-refractivity contribution in [3.8, 4) is 22.8 Å². The van der Waals surface area contributed by atoms with Gasteiger partial charge in [-0.05, 0) is 36.2 Å². The van der Waals surface area contributed by atoms with Crippen molar-refractivity contribution in [2.75, 3.05) is 0 Å². The standard InChI is InChI=1S/C19H18N2O2/c20-16(14-7-1-2-10-18(14)22)12-13-6-5-8-15(19(13)23)17-9-3-4-11-21-17/h1-11,16,22-23H,12,20H2. The van der Waals surface area contributed by atoms with E-state index in [0.717, 1.165) is 5.56 Å². The number of benzene rings is 2. The van der Waals surface area contributed by atoms with Crippen molar-refractivity contribution in [1.29, 1.82) is 0 Å². The highest BCUT2D eigenvalue weighted by atomic mass is 16.3. The molecule has 0 radical (unpaired) electrons. The molecule has 0 saturated carbocycles. The number of hydrogen-bond donors (Lipinski definition) is 3. The summed E-state index contributed by atoms with van der Waals surface area (Å²) in [7, 11) is 0. The van der Waals surface area contributed by atoms with E-state index in [1.54, 1.807) is 24.4 Å². The average Bonchev–Trinajstić information content (AvgIpc) is 2.58. The third-order valence-corrected chi connectivity index (χ3v) is 3.84. The van der Waals surface area contributed by atoms with Crippen LogP contribution in [0.2, 0.25) is 0 Å². The van der Waals surface area contributed by atoms with Gasteiger partial charge in [-0.2, -0.15) is 0 Å². The van der Waals surface area contributed by atoms with Crippen molar-refractivity contribution in [2.45, 2.75) is 12.5 Å². The molecule has 4 heteroatoms. The number of phenolic OH excluding ortho intramolecular Hbond substituents is 2. The number of para-hydroxylation sites is 2. The van der Waals surface area contributed by atoms with Crippen molar-refractivity contribution in [3.63, 3.8) is 0 Å². The largest absolute Gasteiger partial charge is 0.508 e. The smallest absolute Gasteiger partial charge is 0.128 e. The highest BCUT2D eigenvalue weighted by Crippen LogP contribution is 2.34. The van der Waals surface area contributed by atoms with Crippen LogP contribution in [-0.4, -0.2) is 15.2 Å². The van der Waals surface area contributed by atoms with Crippen LogP contribution in [0.5, 0.6) is 11.5 Å². The summed E-state index contributed by atoms with van der Waals surface area (Å²) in [4.78, 5) is 4.27. The van der Waals surface area contributed by atoms with E-state index < -0.39 is 6.04 Å². The van der Waals surface area contributed by atoms with Gasteiger partial charge < -0.3 is 15.9 Å². The number of phenols is 2. The second-order valence-corrected chi connectivity index (χ2v) is 5.40. The Bertz CT molecular complexity index is 803. The van der Waals surface area contributed by atoms with E-state index in [1.165, 1.54) is 0 Å². The Morgan fingerprint density at radius 3 is 2.43 bits per heavy atom. The lowest BCUT2D eigenvalue weighted by atomic mass is 9.96. The Morgan fingerprint density at radius 1 is 0.913 bits per heavy atom. The number of nitrogens with zero attached hydrogens (tertiary/aromatic N) is 1. The molecule has 3 aromatic rings. The highest BCUT2D eigenvalue weighted by molar-refractivity contribution is 5.68. The van der Waals surface area contributed by atoms with Gasteiger partial charge in [0.2, 0.25) is 0 Å². The lowest BCUT2D eigenvalue weighted by Gasteiger charge is -2.16. The first-order chi connectivity index (χ1) is 11.2. The van der Waals surface area contributed by atoms with Crippen LogP contribution in [0, 0.1) is 0 Å². The fourth-order valence-electron chi connectivity index (χ4n) is 2.63. The van der Waals surface area contributed by atoms with Crippen molar-refractivity contribution in [2.24, 2.45) is 5.73 Å². The van der Waals surface area contributed by atoms with E-state index in [0.29, 0.717) is 23.2 Å².